The third kappa shape index (κ3) is 8.41. The molecular weight excluding hydrogens is 443 g/mol. The summed E-state index contributed by atoms with van der Waals surface area (Å²) in [5, 5.41) is 6.40. The zero-order valence-corrected chi connectivity index (χ0v) is 18.8. The highest BCUT2D eigenvalue weighted by Crippen LogP contribution is 2.25. The number of methoxy groups -OCH3 is 1. The summed E-state index contributed by atoms with van der Waals surface area (Å²) >= 11 is 0. The van der Waals surface area contributed by atoms with Crippen molar-refractivity contribution in [2.24, 2.45) is 16.8 Å². The van der Waals surface area contributed by atoms with Gasteiger partial charge in [-0.25, -0.2) is 0 Å². The predicted molar refractivity (Wildman–Crippen MR) is 117 cm³/mol. The third-order valence-corrected chi connectivity index (χ3v) is 5.22. The van der Waals surface area contributed by atoms with Crippen molar-refractivity contribution in [1.82, 2.24) is 15.5 Å². The SMILES string of the molecule is CCNC(=NCCNC(=O)CC1CCCCC1)N1CCC(COC)C1.I. The number of carbonyl (C=O) groups excluding carboxylic acids is 1. The first-order valence-electron chi connectivity index (χ1n) is 10.0. The first-order valence-corrected chi connectivity index (χ1v) is 10.0. The van der Waals surface area contributed by atoms with E-state index in [2.05, 4.69) is 27.4 Å². The largest absolute Gasteiger partial charge is 0.384 e. The number of carbonyl (C=O) groups is 1. The quantitative estimate of drug-likeness (QED) is 0.243. The molecule has 1 saturated carbocycles. The Labute approximate surface area is 175 Å². The maximum atomic E-state index is 12.1. The molecule has 0 aromatic heterocycles. The first-order chi connectivity index (χ1) is 12.2. The van der Waals surface area contributed by atoms with Crippen LogP contribution in [0.4, 0.5) is 0 Å². The minimum Gasteiger partial charge on any atom is -0.384 e. The molecule has 2 N–H and O–H groups in total. The molecule has 2 fully saturated rings. The summed E-state index contributed by atoms with van der Waals surface area (Å²) in [6, 6.07) is 0. The van der Waals surface area contributed by atoms with Crippen molar-refractivity contribution in [3.05, 3.63) is 0 Å². The Morgan fingerprint density at radius 1 is 1.15 bits per heavy atom. The number of halogens is 1. The van der Waals surface area contributed by atoms with Crippen LogP contribution in [0.5, 0.6) is 0 Å². The Balaban J connectivity index is 0.00000338. The molecular formula is C19H37IN4O2. The molecule has 0 aromatic carbocycles. The van der Waals surface area contributed by atoms with Gasteiger partial charge < -0.3 is 20.3 Å². The van der Waals surface area contributed by atoms with Crippen LogP contribution in [0.15, 0.2) is 4.99 Å². The van der Waals surface area contributed by atoms with E-state index in [1.165, 1.54) is 32.1 Å². The minimum absolute atomic E-state index is 0. The molecule has 152 valence electrons. The topological polar surface area (TPSA) is 66.0 Å². The molecule has 7 heteroatoms. The number of aliphatic imine (C=N–C) groups is 1. The monoisotopic (exact) mass is 480 g/mol. The lowest BCUT2D eigenvalue weighted by Gasteiger charge is -2.22. The molecule has 0 aromatic rings. The highest BCUT2D eigenvalue weighted by Gasteiger charge is 2.24. The van der Waals surface area contributed by atoms with E-state index in [1.54, 1.807) is 7.11 Å². The molecule has 0 bridgehead atoms. The van der Waals surface area contributed by atoms with Gasteiger partial charge in [-0.05, 0) is 32.1 Å². The molecule has 1 saturated heterocycles. The van der Waals surface area contributed by atoms with Gasteiger partial charge in [0.2, 0.25) is 5.91 Å². The number of likely N-dealkylation sites (tertiary alicyclic amines) is 1. The molecule has 0 spiro atoms. The van der Waals surface area contributed by atoms with E-state index in [0.29, 0.717) is 31.3 Å². The van der Waals surface area contributed by atoms with Crippen molar-refractivity contribution in [2.45, 2.75) is 51.9 Å². The molecule has 26 heavy (non-hydrogen) atoms. The molecule has 6 nitrogen and oxygen atoms in total. The zero-order chi connectivity index (χ0) is 17.9. The van der Waals surface area contributed by atoms with E-state index < -0.39 is 0 Å². The Morgan fingerprint density at radius 2 is 1.92 bits per heavy atom. The number of rotatable bonds is 8. The summed E-state index contributed by atoms with van der Waals surface area (Å²) in [5.41, 5.74) is 0. The Hall–Kier alpha value is -0.570. The van der Waals surface area contributed by atoms with Gasteiger partial charge in [0.05, 0.1) is 13.2 Å². The first kappa shape index (κ1) is 23.5. The van der Waals surface area contributed by atoms with Gasteiger partial charge in [0.25, 0.3) is 0 Å². The zero-order valence-electron chi connectivity index (χ0n) is 16.5. The van der Waals surface area contributed by atoms with Crippen LogP contribution in [0.25, 0.3) is 0 Å². The number of ether oxygens (including phenoxy) is 1. The summed E-state index contributed by atoms with van der Waals surface area (Å²) in [4.78, 5) is 19.0. The summed E-state index contributed by atoms with van der Waals surface area (Å²) in [6.45, 7) is 7.03. The molecule has 0 radical (unpaired) electrons. The predicted octanol–water partition coefficient (Wildman–Crippen LogP) is 2.62. The fourth-order valence-electron chi connectivity index (χ4n) is 3.91. The number of nitrogens with zero attached hydrogens (tertiary/aromatic N) is 2. The van der Waals surface area contributed by atoms with Gasteiger partial charge in [0.15, 0.2) is 5.96 Å². The number of hydrogen-bond donors (Lipinski definition) is 2. The number of guanidine groups is 1. The van der Waals surface area contributed by atoms with Gasteiger partial charge in [-0.15, -0.1) is 24.0 Å². The highest BCUT2D eigenvalue weighted by molar-refractivity contribution is 14.0. The molecule has 1 amide bonds. The number of hydrogen-bond acceptors (Lipinski definition) is 3. The van der Waals surface area contributed by atoms with Crippen molar-refractivity contribution in [1.29, 1.82) is 0 Å². The molecule has 1 aliphatic carbocycles. The molecule has 1 aliphatic heterocycles. The Morgan fingerprint density at radius 3 is 2.62 bits per heavy atom. The average molecular weight is 480 g/mol. The van der Waals surface area contributed by atoms with E-state index in [9.17, 15) is 4.79 Å². The van der Waals surface area contributed by atoms with Crippen molar-refractivity contribution >= 4 is 35.8 Å². The lowest BCUT2D eigenvalue weighted by atomic mass is 9.87. The van der Waals surface area contributed by atoms with Crippen LogP contribution in [0.1, 0.15) is 51.9 Å². The molecule has 2 aliphatic rings. The lowest BCUT2D eigenvalue weighted by molar-refractivity contribution is -0.122. The van der Waals surface area contributed by atoms with E-state index in [0.717, 1.165) is 38.6 Å². The second-order valence-electron chi connectivity index (χ2n) is 7.35. The fraction of sp³-hybridized carbons (Fsp3) is 0.895. The van der Waals surface area contributed by atoms with Crippen LogP contribution in [0, 0.1) is 11.8 Å². The summed E-state index contributed by atoms with van der Waals surface area (Å²) < 4.78 is 5.27. The van der Waals surface area contributed by atoms with Crippen LogP contribution in [0.3, 0.4) is 0 Å². The van der Waals surface area contributed by atoms with E-state index in [4.69, 9.17) is 4.74 Å². The van der Waals surface area contributed by atoms with Crippen LogP contribution in [-0.2, 0) is 9.53 Å². The fourth-order valence-corrected chi connectivity index (χ4v) is 3.91. The van der Waals surface area contributed by atoms with E-state index in [1.807, 2.05) is 0 Å². The molecule has 2 rings (SSSR count). The number of amides is 1. The van der Waals surface area contributed by atoms with Gasteiger partial charge in [0, 0.05) is 45.6 Å². The molecule has 1 atom stereocenters. The van der Waals surface area contributed by atoms with Crippen molar-refractivity contribution < 1.29 is 9.53 Å². The third-order valence-electron chi connectivity index (χ3n) is 5.22. The lowest BCUT2D eigenvalue weighted by Crippen LogP contribution is -2.41. The van der Waals surface area contributed by atoms with Gasteiger partial charge >= 0.3 is 0 Å². The maximum Gasteiger partial charge on any atom is 0.220 e. The minimum atomic E-state index is 0. The van der Waals surface area contributed by atoms with Crippen molar-refractivity contribution in [2.75, 3.05) is 46.4 Å². The van der Waals surface area contributed by atoms with Gasteiger partial charge in [0.1, 0.15) is 0 Å². The molecule has 1 heterocycles. The van der Waals surface area contributed by atoms with Crippen LogP contribution >= 0.6 is 24.0 Å². The van der Waals surface area contributed by atoms with Gasteiger partial charge in [-0.1, -0.05) is 19.3 Å². The second-order valence-corrected chi connectivity index (χ2v) is 7.35. The Bertz CT molecular complexity index is 428. The van der Waals surface area contributed by atoms with Crippen molar-refractivity contribution in [3.63, 3.8) is 0 Å². The summed E-state index contributed by atoms with van der Waals surface area (Å²) in [5.74, 6) is 2.33. The average Bonchev–Trinajstić information content (AvgIpc) is 3.07. The normalized spacial score (nSPS) is 21.4. The van der Waals surface area contributed by atoms with Crippen LogP contribution < -0.4 is 10.6 Å². The van der Waals surface area contributed by atoms with Crippen LogP contribution in [0.2, 0.25) is 0 Å². The second kappa shape index (κ2) is 13.6. The maximum absolute atomic E-state index is 12.1. The van der Waals surface area contributed by atoms with E-state index >= 15 is 0 Å². The van der Waals surface area contributed by atoms with Gasteiger partial charge in [-0.3, -0.25) is 9.79 Å². The van der Waals surface area contributed by atoms with E-state index in [-0.39, 0.29) is 29.9 Å². The standard InChI is InChI=1S/C19H36N4O2.HI/c1-3-20-19(23-12-9-17(14-23)15-25-2)22-11-10-21-18(24)13-16-7-5-4-6-8-16;/h16-17H,3-15H2,1-2H3,(H,20,22)(H,21,24);1H. The smallest absolute Gasteiger partial charge is 0.220 e. The molecule has 1 unspecified atom stereocenters. The highest BCUT2D eigenvalue weighted by atomic mass is 127. The number of nitrogens with one attached hydrogen (secondary N) is 2. The van der Waals surface area contributed by atoms with Gasteiger partial charge in [-0.2, -0.15) is 0 Å². The van der Waals surface area contributed by atoms with Crippen molar-refractivity contribution in [3.8, 4) is 0 Å². The summed E-state index contributed by atoms with van der Waals surface area (Å²) in [6.07, 6.45) is 8.18. The van der Waals surface area contributed by atoms with Crippen LogP contribution in [-0.4, -0.2) is 63.2 Å². The summed E-state index contributed by atoms with van der Waals surface area (Å²) in [7, 11) is 1.76. The Kier molecular flexibility index (Phi) is 12.3.